The van der Waals surface area contributed by atoms with E-state index in [0.717, 1.165) is 44.7 Å². The van der Waals surface area contributed by atoms with Crippen LogP contribution >= 0.6 is 0 Å². The normalized spacial score (nSPS) is 17.2. The first-order chi connectivity index (χ1) is 12.5. The number of rotatable bonds is 6. The highest BCUT2D eigenvalue weighted by atomic mass is 16.2. The van der Waals surface area contributed by atoms with Gasteiger partial charge in [-0.05, 0) is 50.4 Å². The summed E-state index contributed by atoms with van der Waals surface area (Å²) in [5.41, 5.74) is 4.89. The van der Waals surface area contributed by atoms with Gasteiger partial charge in [-0.3, -0.25) is 14.4 Å². The molecule has 3 rings (SSSR count). The van der Waals surface area contributed by atoms with Crippen molar-refractivity contribution in [2.75, 3.05) is 20.1 Å². The molecule has 140 valence electrons. The van der Waals surface area contributed by atoms with Crippen molar-refractivity contribution < 1.29 is 4.79 Å². The lowest BCUT2D eigenvalue weighted by atomic mass is 9.93. The van der Waals surface area contributed by atoms with E-state index in [4.69, 9.17) is 0 Å². The van der Waals surface area contributed by atoms with Gasteiger partial charge in [0, 0.05) is 32.4 Å². The average molecular weight is 354 g/mol. The van der Waals surface area contributed by atoms with Gasteiger partial charge in [-0.15, -0.1) is 0 Å². The quantitative estimate of drug-likeness (QED) is 0.801. The van der Waals surface area contributed by atoms with Gasteiger partial charge in [0.05, 0.1) is 11.7 Å². The zero-order valence-electron chi connectivity index (χ0n) is 16.4. The molecule has 1 aromatic carbocycles. The number of carbonyl (C=O) groups is 1. The molecular formula is C21H30N4O. The minimum atomic E-state index is -0.0476. The van der Waals surface area contributed by atoms with E-state index in [-0.39, 0.29) is 11.9 Å². The van der Waals surface area contributed by atoms with Crippen molar-refractivity contribution in [2.45, 2.75) is 52.7 Å². The molecule has 0 bridgehead atoms. The maximum absolute atomic E-state index is 13.1. The fraction of sp³-hybridized carbons (Fsp3) is 0.524. The lowest BCUT2D eigenvalue weighted by molar-refractivity contribution is -0.136. The van der Waals surface area contributed by atoms with Crippen LogP contribution in [-0.2, 0) is 24.3 Å². The van der Waals surface area contributed by atoms with Gasteiger partial charge in [0.2, 0.25) is 5.91 Å². The number of benzene rings is 1. The predicted octanol–water partition coefficient (Wildman–Crippen LogP) is 2.80. The average Bonchev–Trinajstić information content (AvgIpc) is 2.97. The van der Waals surface area contributed by atoms with Crippen molar-refractivity contribution in [2.24, 2.45) is 0 Å². The van der Waals surface area contributed by atoms with Gasteiger partial charge < -0.3 is 4.90 Å². The van der Waals surface area contributed by atoms with Crippen LogP contribution in [0.4, 0.5) is 0 Å². The standard InChI is InChI=1S/C21H30N4O/c1-5-24-15-19-10-7-6-9-18(19)14-20(24)21(26)23(4)11-8-12-25-17(3)13-16(2)22-25/h6-7,9-10,13,20H,5,8,11-12,14-15H2,1-4H3. The molecule has 0 radical (unpaired) electrons. The summed E-state index contributed by atoms with van der Waals surface area (Å²) in [6.45, 7) is 9.59. The molecule has 26 heavy (non-hydrogen) atoms. The Morgan fingerprint density at radius 1 is 1.27 bits per heavy atom. The smallest absolute Gasteiger partial charge is 0.240 e. The fourth-order valence-corrected chi connectivity index (χ4v) is 3.88. The van der Waals surface area contributed by atoms with E-state index >= 15 is 0 Å². The first kappa shape index (κ1) is 18.6. The summed E-state index contributed by atoms with van der Waals surface area (Å²) < 4.78 is 2.03. The van der Waals surface area contributed by atoms with E-state index in [1.165, 1.54) is 16.8 Å². The Hall–Kier alpha value is -2.14. The number of carbonyl (C=O) groups excluding carboxylic acids is 1. The maximum Gasteiger partial charge on any atom is 0.240 e. The third kappa shape index (κ3) is 3.98. The van der Waals surface area contributed by atoms with Crippen LogP contribution in [-0.4, -0.2) is 51.7 Å². The number of hydrogen-bond acceptors (Lipinski definition) is 3. The topological polar surface area (TPSA) is 41.4 Å². The third-order valence-corrected chi connectivity index (χ3v) is 5.38. The first-order valence-electron chi connectivity index (χ1n) is 9.56. The van der Waals surface area contributed by atoms with Crippen molar-refractivity contribution in [3.8, 4) is 0 Å². The molecule has 1 atom stereocenters. The SMILES string of the molecule is CCN1Cc2ccccc2CC1C(=O)N(C)CCCn1nc(C)cc1C. The Morgan fingerprint density at radius 3 is 2.65 bits per heavy atom. The van der Waals surface area contributed by atoms with Crippen molar-refractivity contribution in [3.63, 3.8) is 0 Å². The predicted molar refractivity (Wildman–Crippen MR) is 104 cm³/mol. The minimum absolute atomic E-state index is 0.0476. The largest absolute Gasteiger partial charge is 0.344 e. The van der Waals surface area contributed by atoms with Crippen LogP contribution in [0.1, 0.15) is 35.9 Å². The van der Waals surface area contributed by atoms with Crippen molar-refractivity contribution >= 4 is 5.91 Å². The molecule has 2 heterocycles. The lowest BCUT2D eigenvalue weighted by Crippen LogP contribution is -2.50. The molecular weight excluding hydrogens is 324 g/mol. The van der Waals surface area contributed by atoms with Gasteiger partial charge >= 0.3 is 0 Å². The van der Waals surface area contributed by atoms with E-state index < -0.39 is 0 Å². The molecule has 0 spiro atoms. The molecule has 0 N–H and O–H groups in total. The summed E-state index contributed by atoms with van der Waals surface area (Å²) in [4.78, 5) is 17.2. The second-order valence-electron chi connectivity index (χ2n) is 7.32. The number of nitrogens with zero attached hydrogens (tertiary/aromatic N) is 4. The van der Waals surface area contributed by atoms with E-state index in [2.05, 4.69) is 54.2 Å². The Kier molecular flexibility index (Phi) is 5.77. The monoisotopic (exact) mass is 354 g/mol. The second-order valence-corrected chi connectivity index (χ2v) is 7.32. The zero-order chi connectivity index (χ0) is 18.7. The number of amides is 1. The van der Waals surface area contributed by atoms with Crippen LogP contribution in [0.5, 0.6) is 0 Å². The summed E-state index contributed by atoms with van der Waals surface area (Å²) >= 11 is 0. The Balaban J connectivity index is 1.59. The third-order valence-electron chi connectivity index (χ3n) is 5.38. The van der Waals surface area contributed by atoms with Crippen molar-refractivity contribution in [1.82, 2.24) is 19.6 Å². The van der Waals surface area contributed by atoms with Crippen LogP contribution in [0.3, 0.4) is 0 Å². The molecule has 5 heteroatoms. The summed E-state index contributed by atoms with van der Waals surface area (Å²) in [6, 6.07) is 10.5. The Bertz CT molecular complexity index is 767. The minimum Gasteiger partial charge on any atom is -0.344 e. The van der Waals surface area contributed by atoms with E-state index in [9.17, 15) is 4.79 Å². The molecule has 1 unspecified atom stereocenters. The van der Waals surface area contributed by atoms with Crippen LogP contribution < -0.4 is 0 Å². The Morgan fingerprint density at radius 2 is 2.00 bits per heavy atom. The molecule has 1 aromatic heterocycles. The fourth-order valence-electron chi connectivity index (χ4n) is 3.88. The van der Waals surface area contributed by atoms with Crippen molar-refractivity contribution in [1.29, 1.82) is 0 Å². The summed E-state index contributed by atoms with van der Waals surface area (Å²) in [6.07, 6.45) is 1.73. The van der Waals surface area contributed by atoms with Crippen LogP contribution in [0, 0.1) is 13.8 Å². The van der Waals surface area contributed by atoms with E-state index in [1.807, 2.05) is 23.6 Å². The molecule has 1 amide bonds. The number of likely N-dealkylation sites (N-methyl/N-ethyl adjacent to an activating group) is 2. The lowest BCUT2D eigenvalue weighted by Gasteiger charge is -2.37. The van der Waals surface area contributed by atoms with Gasteiger partial charge in [-0.2, -0.15) is 5.10 Å². The van der Waals surface area contributed by atoms with Gasteiger partial charge in [-0.1, -0.05) is 31.2 Å². The van der Waals surface area contributed by atoms with Gasteiger partial charge in [0.15, 0.2) is 0 Å². The van der Waals surface area contributed by atoms with Crippen LogP contribution in [0.2, 0.25) is 0 Å². The number of hydrogen-bond donors (Lipinski definition) is 0. The van der Waals surface area contributed by atoms with Gasteiger partial charge in [0.1, 0.15) is 0 Å². The molecule has 2 aromatic rings. The highest BCUT2D eigenvalue weighted by molar-refractivity contribution is 5.82. The first-order valence-corrected chi connectivity index (χ1v) is 9.56. The summed E-state index contributed by atoms with van der Waals surface area (Å²) in [7, 11) is 1.93. The highest BCUT2D eigenvalue weighted by Crippen LogP contribution is 2.24. The van der Waals surface area contributed by atoms with Crippen LogP contribution in [0.25, 0.3) is 0 Å². The zero-order valence-corrected chi connectivity index (χ0v) is 16.4. The molecule has 0 saturated carbocycles. The number of aryl methyl sites for hydroxylation is 3. The summed E-state index contributed by atoms with van der Waals surface area (Å²) in [5.74, 6) is 0.231. The molecule has 0 aliphatic carbocycles. The number of fused-ring (bicyclic) bond motifs is 1. The van der Waals surface area contributed by atoms with Gasteiger partial charge in [-0.25, -0.2) is 0 Å². The van der Waals surface area contributed by atoms with Crippen molar-refractivity contribution in [3.05, 3.63) is 52.8 Å². The van der Waals surface area contributed by atoms with Crippen LogP contribution in [0.15, 0.2) is 30.3 Å². The molecule has 0 fully saturated rings. The van der Waals surface area contributed by atoms with E-state index in [0.29, 0.717) is 0 Å². The van der Waals surface area contributed by atoms with E-state index in [1.54, 1.807) is 0 Å². The number of aromatic nitrogens is 2. The second kappa shape index (κ2) is 8.04. The van der Waals surface area contributed by atoms with Gasteiger partial charge in [0.25, 0.3) is 0 Å². The summed E-state index contributed by atoms with van der Waals surface area (Å²) in [5, 5.41) is 4.50. The molecule has 5 nitrogen and oxygen atoms in total. The Labute approximate surface area is 156 Å². The highest BCUT2D eigenvalue weighted by Gasteiger charge is 2.32. The molecule has 1 aliphatic rings. The molecule has 0 saturated heterocycles. The maximum atomic E-state index is 13.1. The molecule has 1 aliphatic heterocycles.